The van der Waals surface area contributed by atoms with Crippen molar-refractivity contribution in [3.63, 3.8) is 0 Å². The van der Waals surface area contributed by atoms with Crippen molar-refractivity contribution in [2.75, 3.05) is 10.6 Å². The Kier molecular flexibility index (Phi) is 4.68. The van der Waals surface area contributed by atoms with Gasteiger partial charge in [0.2, 0.25) is 5.95 Å². The zero-order valence-corrected chi connectivity index (χ0v) is 16.6. The Hall–Kier alpha value is -4.40. The first-order valence-corrected chi connectivity index (χ1v) is 9.67. The predicted molar refractivity (Wildman–Crippen MR) is 115 cm³/mol. The van der Waals surface area contributed by atoms with Crippen LogP contribution in [0.2, 0.25) is 0 Å². The molecule has 1 aliphatic rings. The van der Waals surface area contributed by atoms with Crippen molar-refractivity contribution >= 4 is 17.5 Å². The van der Waals surface area contributed by atoms with Gasteiger partial charge in [-0.25, -0.2) is 4.68 Å². The monoisotopic (exact) mass is 410 g/mol. The van der Waals surface area contributed by atoms with Gasteiger partial charge in [-0.3, -0.25) is 19.7 Å². The molecule has 31 heavy (non-hydrogen) atoms. The molecule has 5 rings (SSSR count). The molecule has 0 saturated carbocycles. The summed E-state index contributed by atoms with van der Waals surface area (Å²) in [5, 5.41) is 10.9. The van der Waals surface area contributed by atoms with Gasteiger partial charge in [-0.1, -0.05) is 0 Å². The summed E-state index contributed by atoms with van der Waals surface area (Å²) in [6.07, 6.45) is 10.1. The molecule has 0 spiro atoms. The highest BCUT2D eigenvalue weighted by Gasteiger charge is 2.34. The van der Waals surface area contributed by atoms with Gasteiger partial charge >= 0.3 is 0 Å². The second-order valence-corrected chi connectivity index (χ2v) is 6.99. The second kappa shape index (κ2) is 7.79. The van der Waals surface area contributed by atoms with Gasteiger partial charge in [-0.15, -0.1) is 5.10 Å². The number of nitrogens with zero attached hydrogens (tertiary/aromatic N) is 6. The minimum atomic E-state index is -0.478. The van der Waals surface area contributed by atoms with Crippen LogP contribution < -0.4 is 10.6 Å². The van der Waals surface area contributed by atoms with E-state index in [1.165, 1.54) is 0 Å². The number of carbonyl (C=O) groups excluding carboxylic acids is 1. The lowest BCUT2D eigenvalue weighted by Gasteiger charge is -2.28. The summed E-state index contributed by atoms with van der Waals surface area (Å²) < 4.78 is 1.73. The van der Waals surface area contributed by atoms with Gasteiger partial charge in [0.05, 0.1) is 17.5 Å². The Morgan fingerprint density at radius 1 is 1.00 bits per heavy atom. The molecule has 0 radical (unpaired) electrons. The lowest BCUT2D eigenvalue weighted by atomic mass is 9.96. The Morgan fingerprint density at radius 2 is 1.77 bits per heavy atom. The van der Waals surface area contributed by atoms with E-state index >= 15 is 0 Å². The summed E-state index contributed by atoms with van der Waals surface area (Å²) in [5.74, 6) is 0.830. The Morgan fingerprint density at radius 3 is 2.48 bits per heavy atom. The predicted octanol–water partition coefficient (Wildman–Crippen LogP) is 3.06. The summed E-state index contributed by atoms with van der Waals surface area (Å²) in [7, 11) is 0. The molecular weight excluding hydrogens is 392 g/mol. The number of rotatable bonds is 4. The van der Waals surface area contributed by atoms with Crippen molar-refractivity contribution in [2.45, 2.75) is 13.0 Å². The summed E-state index contributed by atoms with van der Waals surface area (Å²) >= 11 is 0. The van der Waals surface area contributed by atoms with Crippen molar-refractivity contribution in [2.24, 2.45) is 0 Å². The van der Waals surface area contributed by atoms with Crippen LogP contribution in [0.5, 0.6) is 0 Å². The summed E-state index contributed by atoms with van der Waals surface area (Å²) in [6, 6.07) is 10.6. The molecule has 1 amide bonds. The number of hydrogen-bond donors (Lipinski definition) is 2. The molecule has 4 aromatic rings. The molecule has 1 atom stereocenters. The number of fused-ring (bicyclic) bond motifs is 1. The molecular formula is C22H18N8O. The average Bonchev–Trinajstić information content (AvgIpc) is 3.23. The number of aromatic nitrogens is 6. The Bertz CT molecular complexity index is 1250. The topological polar surface area (TPSA) is 111 Å². The molecule has 4 aromatic heterocycles. The van der Waals surface area contributed by atoms with Gasteiger partial charge in [0.1, 0.15) is 6.04 Å². The number of amides is 1. The number of allylic oxidation sites excluding steroid dienone is 1. The second-order valence-electron chi connectivity index (χ2n) is 6.99. The first-order valence-electron chi connectivity index (χ1n) is 9.67. The van der Waals surface area contributed by atoms with Gasteiger partial charge in [0.25, 0.3) is 5.91 Å². The van der Waals surface area contributed by atoms with Crippen LogP contribution in [0.3, 0.4) is 0 Å². The molecule has 9 nitrogen and oxygen atoms in total. The number of hydrogen-bond acceptors (Lipinski definition) is 7. The maximum absolute atomic E-state index is 13.3. The van der Waals surface area contributed by atoms with E-state index in [9.17, 15) is 4.79 Å². The van der Waals surface area contributed by atoms with Crippen LogP contribution in [-0.2, 0) is 4.79 Å². The van der Waals surface area contributed by atoms with Crippen molar-refractivity contribution in [3.05, 3.63) is 90.4 Å². The quantitative estimate of drug-likeness (QED) is 0.532. The molecule has 5 heterocycles. The summed E-state index contributed by atoms with van der Waals surface area (Å²) in [4.78, 5) is 30.3. The molecule has 0 aromatic carbocycles. The molecule has 9 heteroatoms. The molecule has 0 aliphatic carbocycles. The standard InChI is InChI=1S/C22H18N8O/c1-14-18(21(31)27-17-5-3-9-25-13-17)19(15-6-10-23-11-7-15)30-22(26-14)28-20(29-30)16-4-2-8-24-12-16/h2-13,19H,1H3,(H,27,31)(H,26,28,29). The zero-order chi connectivity index (χ0) is 21.2. The fourth-order valence-corrected chi connectivity index (χ4v) is 3.55. The molecule has 0 bridgehead atoms. The highest BCUT2D eigenvalue weighted by molar-refractivity contribution is 6.05. The molecule has 1 aliphatic heterocycles. The van der Waals surface area contributed by atoms with Crippen LogP contribution in [0.1, 0.15) is 18.5 Å². The van der Waals surface area contributed by atoms with E-state index in [4.69, 9.17) is 5.10 Å². The van der Waals surface area contributed by atoms with E-state index in [0.717, 1.165) is 11.1 Å². The van der Waals surface area contributed by atoms with E-state index in [-0.39, 0.29) is 5.91 Å². The highest BCUT2D eigenvalue weighted by atomic mass is 16.1. The number of anilines is 2. The minimum absolute atomic E-state index is 0.246. The van der Waals surface area contributed by atoms with Crippen molar-refractivity contribution in [1.82, 2.24) is 29.7 Å². The minimum Gasteiger partial charge on any atom is -0.328 e. The fraction of sp³-hybridized carbons (Fsp3) is 0.0909. The van der Waals surface area contributed by atoms with Crippen molar-refractivity contribution < 1.29 is 4.79 Å². The van der Waals surface area contributed by atoms with E-state index in [1.54, 1.807) is 54.0 Å². The van der Waals surface area contributed by atoms with Crippen LogP contribution >= 0.6 is 0 Å². The van der Waals surface area contributed by atoms with E-state index in [0.29, 0.717) is 28.7 Å². The Balaban J connectivity index is 1.60. The average molecular weight is 410 g/mol. The highest BCUT2D eigenvalue weighted by Crippen LogP contribution is 2.36. The lowest BCUT2D eigenvalue weighted by molar-refractivity contribution is -0.113. The first-order chi connectivity index (χ1) is 15.2. The van der Waals surface area contributed by atoms with E-state index in [2.05, 4.69) is 30.6 Å². The normalized spacial score (nSPS) is 15.2. The van der Waals surface area contributed by atoms with Gasteiger partial charge in [0, 0.05) is 42.2 Å². The van der Waals surface area contributed by atoms with Crippen LogP contribution in [0.25, 0.3) is 11.4 Å². The maximum atomic E-state index is 13.3. The summed E-state index contributed by atoms with van der Waals surface area (Å²) in [5.41, 5.74) is 3.50. The molecule has 152 valence electrons. The third-order valence-electron chi connectivity index (χ3n) is 4.96. The van der Waals surface area contributed by atoms with Crippen LogP contribution in [0.4, 0.5) is 11.6 Å². The molecule has 1 unspecified atom stereocenters. The fourth-order valence-electron chi connectivity index (χ4n) is 3.55. The maximum Gasteiger partial charge on any atom is 0.255 e. The smallest absolute Gasteiger partial charge is 0.255 e. The SMILES string of the molecule is CC1=C(C(=O)Nc2cccnc2)C(c2ccncc2)n2nc(-c3cccnc3)nc2N1. The van der Waals surface area contributed by atoms with Gasteiger partial charge < -0.3 is 10.6 Å². The first kappa shape index (κ1) is 18.6. The lowest BCUT2D eigenvalue weighted by Crippen LogP contribution is -2.31. The number of pyridine rings is 3. The van der Waals surface area contributed by atoms with Gasteiger partial charge in [0.15, 0.2) is 5.82 Å². The van der Waals surface area contributed by atoms with E-state index in [1.807, 2.05) is 31.2 Å². The number of nitrogens with one attached hydrogen (secondary N) is 2. The number of carbonyl (C=O) groups is 1. The van der Waals surface area contributed by atoms with Crippen molar-refractivity contribution in [1.29, 1.82) is 0 Å². The zero-order valence-electron chi connectivity index (χ0n) is 16.6. The van der Waals surface area contributed by atoms with Gasteiger partial charge in [-0.05, 0) is 48.9 Å². The molecule has 0 saturated heterocycles. The molecule has 0 fully saturated rings. The largest absolute Gasteiger partial charge is 0.328 e. The Labute approximate surface area is 177 Å². The van der Waals surface area contributed by atoms with Crippen molar-refractivity contribution in [3.8, 4) is 11.4 Å². The van der Waals surface area contributed by atoms with E-state index < -0.39 is 6.04 Å². The van der Waals surface area contributed by atoms with Crippen LogP contribution in [0.15, 0.2) is 84.8 Å². The molecule has 2 N–H and O–H groups in total. The van der Waals surface area contributed by atoms with Crippen LogP contribution in [-0.4, -0.2) is 35.6 Å². The van der Waals surface area contributed by atoms with Crippen LogP contribution in [0, 0.1) is 0 Å². The summed E-state index contributed by atoms with van der Waals surface area (Å²) in [6.45, 7) is 1.86. The third kappa shape index (κ3) is 3.52. The van der Waals surface area contributed by atoms with Gasteiger partial charge in [-0.2, -0.15) is 4.98 Å². The third-order valence-corrected chi connectivity index (χ3v) is 4.96.